The number of thiazole rings is 1. The molecule has 0 unspecified atom stereocenters. The van der Waals surface area contributed by atoms with E-state index >= 15 is 0 Å². The van der Waals surface area contributed by atoms with E-state index in [1.54, 1.807) is 0 Å². The number of aryl methyl sites for hydroxylation is 1. The molecule has 3 aromatic rings. The number of fused-ring (bicyclic) bond motifs is 2. The van der Waals surface area contributed by atoms with Crippen molar-refractivity contribution in [2.45, 2.75) is 25.7 Å². The van der Waals surface area contributed by atoms with E-state index in [1.807, 2.05) is 18.4 Å². The fraction of sp³-hybridized carbons (Fsp3) is 0.308. The maximum Gasteiger partial charge on any atom is 0.263 e. The average molecular weight is 433 g/mol. The topological polar surface area (TPSA) is 36.2 Å². The first-order valence-corrected chi connectivity index (χ1v) is 11.8. The quantitative estimate of drug-likeness (QED) is 0.384. The molecule has 4 rings (SSSR count). The number of hydrogen-bond donors (Lipinski definition) is 1. The molecule has 2 heterocycles. The Balaban J connectivity index is 1.47. The van der Waals surface area contributed by atoms with Crippen LogP contribution in [0.5, 0.6) is 0 Å². The lowest BCUT2D eigenvalue weighted by atomic mass is 9.99. The van der Waals surface area contributed by atoms with Crippen LogP contribution in [0.2, 0.25) is 0 Å². The van der Waals surface area contributed by atoms with Gasteiger partial charge in [-0.1, -0.05) is 48.1 Å². The summed E-state index contributed by atoms with van der Waals surface area (Å²) in [6.45, 7) is 1.45. The van der Waals surface area contributed by atoms with Crippen molar-refractivity contribution in [2.75, 3.05) is 25.0 Å². The smallest absolute Gasteiger partial charge is 0.263 e. The number of para-hydroxylation sites is 2. The lowest BCUT2D eigenvalue weighted by Crippen LogP contribution is -2.29. The minimum atomic E-state index is 0.301. The third-order valence-electron chi connectivity index (χ3n) is 5.74. The number of nitrogens with zero attached hydrogens (tertiary/aromatic N) is 2. The Hall–Kier alpha value is -2.76. The highest BCUT2D eigenvalue weighted by atomic mass is 32.1. The molecule has 0 bridgehead atoms. The molecular weight excluding hydrogens is 402 g/mol. The molecular formula is C26H30N3OS+. The molecule has 2 aromatic carbocycles. The van der Waals surface area contributed by atoms with Gasteiger partial charge in [-0.25, -0.2) is 0 Å². The minimum Gasteiger partial charge on any atom is -0.347 e. The Kier molecular flexibility index (Phi) is 6.95. The second-order valence-electron chi connectivity index (χ2n) is 7.97. The Morgan fingerprint density at radius 1 is 1.10 bits per heavy atom. The third-order valence-corrected chi connectivity index (χ3v) is 6.90. The SMILES string of the molecule is CNCC(=O)CCCCCN1C=CC(=Cc2sc3ccccc3[n+]2C)c2ccccc21. The van der Waals surface area contributed by atoms with Crippen LogP contribution >= 0.6 is 11.3 Å². The van der Waals surface area contributed by atoms with Crippen LogP contribution < -0.4 is 14.8 Å². The lowest BCUT2D eigenvalue weighted by Gasteiger charge is -2.27. The predicted octanol–water partition coefficient (Wildman–Crippen LogP) is 4.95. The first-order chi connectivity index (χ1) is 15.2. The zero-order valence-electron chi connectivity index (χ0n) is 18.3. The highest BCUT2D eigenvalue weighted by molar-refractivity contribution is 7.18. The second-order valence-corrected chi connectivity index (χ2v) is 9.03. The normalized spacial score (nSPS) is 14.4. The molecule has 1 aromatic heterocycles. The van der Waals surface area contributed by atoms with Crippen LogP contribution in [0.1, 0.15) is 36.3 Å². The van der Waals surface area contributed by atoms with Crippen LogP contribution in [0.4, 0.5) is 5.69 Å². The van der Waals surface area contributed by atoms with Crippen molar-refractivity contribution in [2.24, 2.45) is 7.05 Å². The number of carbonyl (C=O) groups excluding carboxylic acids is 1. The van der Waals surface area contributed by atoms with Gasteiger partial charge < -0.3 is 10.2 Å². The Morgan fingerprint density at radius 3 is 2.74 bits per heavy atom. The van der Waals surface area contributed by atoms with Crippen LogP contribution in [-0.4, -0.2) is 25.9 Å². The van der Waals surface area contributed by atoms with Crippen LogP contribution in [-0.2, 0) is 11.8 Å². The Labute approximate surface area is 188 Å². The summed E-state index contributed by atoms with van der Waals surface area (Å²) in [7, 11) is 3.96. The molecule has 4 nitrogen and oxygen atoms in total. The van der Waals surface area contributed by atoms with Crippen LogP contribution in [0, 0.1) is 0 Å². The van der Waals surface area contributed by atoms with Gasteiger partial charge in [-0.05, 0) is 43.7 Å². The van der Waals surface area contributed by atoms with Crippen molar-refractivity contribution < 1.29 is 9.36 Å². The number of allylic oxidation sites excluding steroid dienone is 2. The standard InChI is InChI=1S/C26H30N3OS/c1-27-19-21(30)10-4-3-9-16-29-17-15-20(22-11-5-6-12-23(22)29)18-26-28(2)24-13-7-8-14-25(24)31-26/h5-8,11-15,17-18,27H,3-4,9-10,16,19H2,1-2H3/q+1. The maximum absolute atomic E-state index is 11.6. The maximum atomic E-state index is 11.6. The summed E-state index contributed by atoms with van der Waals surface area (Å²) in [6.07, 6.45) is 10.5. The summed E-state index contributed by atoms with van der Waals surface area (Å²) < 4.78 is 3.57. The van der Waals surface area contributed by atoms with Gasteiger partial charge in [0.1, 0.15) is 17.5 Å². The van der Waals surface area contributed by atoms with Crippen molar-refractivity contribution in [3.05, 3.63) is 71.4 Å². The zero-order valence-corrected chi connectivity index (χ0v) is 19.1. The number of likely N-dealkylation sites (N-methyl/N-ethyl adjacent to an activating group) is 1. The molecule has 1 aliphatic heterocycles. The number of unbranched alkanes of at least 4 members (excludes halogenated alkanes) is 2. The number of anilines is 1. The van der Waals surface area contributed by atoms with E-state index in [1.165, 1.54) is 32.0 Å². The van der Waals surface area contributed by atoms with Gasteiger partial charge in [0.2, 0.25) is 5.52 Å². The molecule has 1 N–H and O–H groups in total. The summed E-state index contributed by atoms with van der Waals surface area (Å²) in [5, 5.41) is 4.18. The molecule has 0 radical (unpaired) electrons. The van der Waals surface area contributed by atoms with E-state index in [2.05, 4.69) is 88.7 Å². The molecule has 0 spiro atoms. The number of hydrogen-bond acceptors (Lipinski definition) is 4. The molecule has 0 saturated carbocycles. The molecule has 31 heavy (non-hydrogen) atoms. The number of ketones is 1. The summed E-state index contributed by atoms with van der Waals surface area (Å²) >= 11 is 1.83. The molecule has 0 atom stereocenters. The van der Waals surface area contributed by atoms with Gasteiger partial charge in [0, 0.05) is 42.6 Å². The Morgan fingerprint density at radius 2 is 1.90 bits per heavy atom. The fourth-order valence-corrected chi connectivity index (χ4v) is 5.18. The minimum absolute atomic E-state index is 0.301. The molecule has 5 heteroatoms. The fourth-order valence-electron chi connectivity index (χ4n) is 4.08. The van der Waals surface area contributed by atoms with Crippen molar-refractivity contribution in [1.82, 2.24) is 5.32 Å². The van der Waals surface area contributed by atoms with Gasteiger partial charge in [0.25, 0.3) is 5.01 Å². The Bertz CT molecular complexity index is 1130. The number of aromatic nitrogens is 1. The van der Waals surface area contributed by atoms with Crippen LogP contribution in [0.15, 0.2) is 60.8 Å². The van der Waals surface area contributed by atoms with Gasteiger partial charge in [0.05, 0.1) is 6.54 Å². The van der Waals surface area contributed by atoms with Crippen molar-refractivity contribution >= 4 is 44.7 Å². The predicted molar refractivity (Wildman–Crippen MR) is 131 cm³/mol. The van der Waals surface area contributed by atoms with Crippen molar-refractivity contribution in [3.8, 4) is 0 Å². The van der Waals surface area contributed by atoms with Gasteiger partial charge in [0.15, 0.2) is 0 Å². The van der Waals surface area contributed by atoms with E-state index in [-0.39, 0.29) is 0 Å². The molecule has 160 valence electrons. The van der Waals surface area contributed by atoms with Crippen molar-refractivity contribution in [1.29, 1.82) is 0 Å². The summed E-state index contributed by atoms with van der Waals surface area (Å²) in [5.41, 5.74) is 5.03. The molecule has 0 fully saturated rings. The summed E-state index contributed by atoms with van der Waals surface area (Å²) in [4.78, 5) is 14.0. The number of nitrogens with one attached hydrogen (secondary N) is 1. The monoisotopic (exact) mass is 432 g/mol. The molecule has 1 aliphatic rings. The largest absolute Gasteiger partial charge is 0.347 e. The van der Waals surface area contributed by atoms with E-state index in [0.717, 1.165) is 25.8 Å². The van der Waals surface area contributed by atoms with E-state index in [0.29, 0.717) is 18.7 Å². The van der Waals surface area contributed by atoms with E-state index < -0.39 is 0 Å². The first kappa shape index (κ1) is 21.5. The van der Waals surface area contributed by atoms with Gasteiger partial charge in [-0.3, -0.25) is 4.79 Å². The highest BCUT2D eigenvalue weighted by Gasteiger charge is 2.19. The number of benzene rings is 2. The van der Waals surface area contributed by atoms with Crippen molar-refractivity contribution in [3.63, 3.8) is 0 Å². The van der Waals surface area contributed by atoms with Crippen LogP contribution in [0.25, 0.3) is 21.9 Å². The lowest BCUT2D eigenvalue weighted by molar-refractivity contribution is -0.642. The average Bonchev–Trinajstić information content (AvgIpc) is 3.10. The van der Waals surface area contributed by atoms with E-state index in [9.17, 15) is 4.79 Å². The number of Topliss-reactive ketones (excluding diaryl/α,β-unsaturated/α-hetero) is 1. The highest BCUT2D eigenvalue weighted by Crippen LogP contribution is 2.34. The number of carbonyl (C=O) groups is 1. The second kappa shape index (κ2) is 10.0. The van der Waals surface area contributed by atoms with Crippen LogP contribution in [0.3, 0.4) is 0 Å². The van der Waals surface area contributed by atoms with E-state index in [4.69, 9.17) is 0 Å². The molecule has 0 saturated heterocycles. The molecule has 0 aliphatic carbocycles. The zero-order chi connectivity index (χ0) is 21.6. The van der Waals surface area contributed by atoms with Gasteiger partial charge >= 0.3 is 0 Å². The summed E-state index contributed by atoms with van der Waals surface area (Å²) in [6, 6.07) is 17.2. The molecule has 0 amide bonds. The number of rotatable bonds is 9. The third kappa shape index (κ3) is 4.94. The summed E-state index contributed by atoms with van der Waals surface area (Å²) in [5.74, 6) is 0.301. The van der Waals surface area contributed by atoms with Gasteiger partial charge in [-0.15, -0.1) is 0 Å². The van der Waals surface area contributed by atoms with Gasteiger partial charge in [-0.2, -0.15) is 4.57 Å². The first-order valence-electron chi connectivity index (χ1n) is 11.0.